The van der Waals surface area contributed by atoms with Crippen LogP contribution >= 0.6 is 0 Å². The highest BCUT2D eigenvalue weighted by Crippen LogP contribution is 2.12. The molecule has 0 aromatic heterocycles. The van der Waals surface area contributed by atoms with Gasteiger partial charge in [-0.3, -0.25) is 0 Å². The van der Waals surface area contributed by atoms with E-state index in [9.17, 15) is 5.11 Å². The Balaban J connectivity index is 3.74. The maximum absolute atomic E-state index is 9.43. The maximum atomic E-state index is 9.43. The Morgan fingerprint density at radius 1 is 1.12 bits per heavy atom. The van der Waals surface area contributed by atoms with Crippen LogP contribution < -0.4 is 0 Å². The summed E-state index contributed by atoms with van der Waals surface area (Å²) < 4.78 is 0. The minimum Gasteiger partial charge on any atom is -0.393 e. The zero-order chi connectivity index (χ0) is 12.4. The lowest BCUT2D eigenvalue weighted by atomic mass is 10.0. The molecule has 0 heterocycles. The smallest absolute Gasteiger partial charge is 0.0614 e. The average molecular weight is 226 g/mol. The van der Waals surface area contributed by atoms with Crippen LogP contribution in [0.2, 0.25) is 0 Å². The summed E-state index contributed by atoms with van der Waals surface area (Å²) in [5, 5.41) is 18.1. The van der Waals surface area contributed by atoms with Gasteiger partial charge in [-0.1, -0.05) is 30.2 Å². The van der Waals surface area contributed by atoms with E-state index < -0.39 is 0 Å². The molecule has 0 aromatic rings. The van der Waals surface area contributed by atoms with E-state index in [1.807, 2.05) is 19.9 Å². The summed E-state index contributed by atoms with van der Waals surface area (Å²) in [6.45, 7) is 6.30. The zero-order valence-electron chi connectivity index (χ0n) is 10.9. The van der Waals surface area contributed by atoms with Crippen LogP contribution in [-0.4, -0.2) is 22.9 Å². The van der Waals surface area contributed by atoms with Crippen LogP contribution in [0, 0.1) is 0 Å². The van der Waals surface area contributed by atoms with Crippen molar-refractivity contribution < 1.29 is 10.2 Å². The molecule has 0 saturated carbocycles. The van der Waals surface area contributed by atoms with E-state index in [2.05, 4.69) is 13.0 Å². The Kier molecular flexibility index (Phi) is 9.25. The molecule has 16 heavy (non-hydrogen) atoms. The van der Waals surface area contributed by atoms with Crippen molar-refractivity contribution in [2.24, 2.45) is 0 Å². The van der Waals surface area contributed by atoms with Gasteiger partial charge in [0.15, 0.2) is 0 Å². The van der Waals surface area contributed by atoms with Crippen molar-refractivity contribution in [3.8, 4) is 0 Å². The summed E-state index contributed by atoms with van der Waals surface area (Å²) in [6, 6.07) is 0. The summed E-state index contributed by atoms with van der Waals surface area (Å²) in [6.07, 6.45) is 8.65. The highest BCUT2D eigenvalue weighted by Gasteiger charge is 2.00. The first-order valence-corrected chi connectivity index (χ1v) is 6.20. The highest BCUT2D eigenvalue weighted by molar-refractivity contribution is 5.03. The van der Waals surface area contributed by atoms with Crippen LogP contribution in [0.1, 0.15) is 52.9 Å². The number of hydrogen-bond donors (Lipinski definition) is 2. The van der Waals surface area contributed by atoms with Gasteiger partial charge in [0.05, 0.1) is 12.7 Å². The maximum Gasteiger partial charge on any atom is 0.0614 e. The van der Waals surface area contributed by atoms with Crippen molar-refractivity contribution >= 4 is 0 Å². The van der Waals surface area contributed by atoms with E-state index in [1.54, 1.807) is 0 Å². The van der Waals surface area contributed by atoms with Gasteiger partial charge in [0.25, 0.3) is 0 Å². The van der Waals surface area contributed by atoms with Gasteiger partial charge in [0.1, 0.15) is 0 Å². The van der Waals surface area contributed by atoms with Crippen LogP contribution in [0.5, 0.6) is 0 Å². The van der Waals surface area contributed by atoms with Gasteiger partial charge >= 0.3 is 0 Å². The van der Waals surface area contributed by atoms with Crippen LogP contribution in [0.4, 0.5) is 0 Å². The fraction of sp³-hybridized carbons (Fsp3) is 0.714. The lowest BCUT2D eigenvalue weighted by molar-refractivity contribution is 0.160. The Morgan fingerprint density at radius 2 is 1.75 bits per heavy atom. The van der Waals surface area contributed by atoms with E-state index in [-0.39, 0.29) is 12.7 Å². The Hall–Kier alpha value is -0.600. The van der Waals surface area contributed by atoms with Crippen molar-refractivity contribution in [2.45, 2.75) is 59.0 Å². The average Bonchev–Trinajstić information content (AvgIpc) is 2.26. The quantitative estimate of drug-likeness (QED) is 0.624. The predicted octanol–water partition coefficient (Wildman–Crippen LogP) is 3.20. The zero-order valence-corrected chi connectivity index (χ0v) is 10.9. The molecule has 1 unspecified atom stereocenters. The SMILES string of the molecule is CCC(O)CC/C(C)=C/CC/C(C)=C/CO. The van der Waals surface area contributed by atoms with E-state index in [0.717, 1.165) is 32.1 Å². The van der Waals surface area contributed by atoms with Gasteiger partial charge in [-0.15, -0.1) is 0 Å². The van der Waals surface area contributed by atoms with Crippen molar-refractivity contribution in [1.82, 2.24) is 0 Å². The summed E-state index contributed by atoms with van der Waals surface area (Å²) >= 11 is 0. The topological polar surface area (TPSA) is 40.5 Å². The monoisotopic (exact) mass is 226 g/mol. The first kappa shape index (κ1) is 15.4. The number of aliphatic hydroxyl groups is 2. The second-order valence-corrected chi connectivity index (χ2v) is 4.42. The fourth-order valence-electron chi connectivity index (χ4n) is 1.50. The van der Waals surface area contributed by atoms with Gasteiger partial charge in [0, 0.05) is 0 Å². The summed E-state index contributed by atoms with van der Waals surface area (Å²) in [4.78, 5) is 0. The van der Waals surface area contributed by atoms with E-state index in [0.29, 0.717) is 0 Å². The number of aliphatic hydroxyl groups excluding tert-OH is 2. The fourth-order valence-corrected chi connectivity index (χ4v) is 1.50. The molecule has 0 radical (unpaired) electrons. The summed E-state index contributed by atoms with van der Waals surface area (Å²) in [5.74, 6) is 0. The molecule has 0 rings (SSSR count). The molecule has 0 aliphatic carbocycles. The molecular weight excluding hydrogens is 200 g/mol. The van der Waals surface area contributed by atoms with E-state index >= 15 is 0 Å². The minimum absolute atomic E-state index is 0.136. The van der Waals surface area contributed by atoms with Crippen LogP contribution in [0.15, 0.2) is 23.3 Å². The third kappa shape index (κ3) is 8.69. The van der Waals surface area contributed by atoms with Crippen molar-refractivity contribution in [2.75, 3.05) is 6.61 Å². The molecule has 0 saturated heterocycles. The van der Waals surface area contributed by atoms with Gasteiger partial charge in [0.2, 0.25) is 0 Å². The van der Waals surface area contributed by atoms with Crippen molar-refractivity contribution in [3.05, 3.63) is 23.3 Å². The van der Waals surface area contributed by atoms with Crippen LogP contribution in [0.25, 0.3) is 0 Å². The van der Waals surface area contributed by atoms with Crippen LogP contribution in [0.3, 0.4) is 0 Å². The first-order chi connectivity index (χ1) is 7.60. The molecule has 0 aliphatic rings. The molecule has 2 heteroatoms. The lowest BCUT2D eigenvalue weighted by Crippen LogP contribution is -2.03. The molecule has 0 amide bonds. The predicted molar refractivity (Wildman–Crippen MR) is 69.4 cm³/mol. The summed E-state index contributed by atoms with van der Waals surface area (Å²) in [7, 11) is 0. The number of allylic oxidation sites excluding steroid dienone is 3. The molecule has 0 aromatic carbocycles. The third-order valence-corrected chi connectivity index (χ3v) is 2.81. The molecule has 0 aliphatic heterocycles. The number of rotatable bonds is 8. The van der Waals surface area contributed by atoms with Gasteiger partial charge in [-0.25, -0.2) is 0 Å². The second kappa shape index (κ2) is 9.61. The van der Waals surface area contributed by atoms with Crippen molar-refractivity contribution in [1.29, 1.82) is 0 Å². The van der Waals surface area contributed by atoms with Crippen LogP contribution in [-0.2, 0) is 0 Å². The lowest BCUT2D eigenvalue weighted by Gasteiger charge is -2.07. The largest absolute Gasteiger partial charge is 0.393 e. The third-order valence-electron chi connectivity index (χ3n) is 2.81. The molecule has 2 nitrogen and oxygen atoms in total. The Labute approximate surface area is 99.7 Å². The minimum atomic E-state index is -0.153. The summed E-state index contributed by atoms with van der Waals surface area (Å²) in [5.41, 5.74) is 2.59. The van der Waals surface area contributed by atoms with Gasteiger partial charge in [-0.2, -0.15) is 0 Å². The Bertz CT molecular complexity index is 229. The molecule has 2 N–H and O–H groups in total. The van der Waals surface area contributed by atoms with Gasteiger partial charge < -0.3 is 10.2 Å². The highest BCUT2D eigenvalue weighted by atomic mass is 16.3. The molecule has 0 fully saturated rings. The normalized spacial score (nSPS) is 15.3. The molecule has 94 valence electrons. The van der Waals surface area contributed by atoms with E-state index in [4.69, 9.17) is 5.11 Å². The molecule has 1 atom stereocenters. The Morgan fingerprint density at radius 3 is 2.31 bits per heavy atom. The molecule has 0 bridgehead atoms. The second-order valence-electron chi connectivity index (χ2n) is 4.42. The van der Waals surface area contributed by atoms with Crippen molar-refractivity contribution in [3.63, 3.8) is 0 Å². The molecular formula is C14H26O2. The molecule has 0 spiro atoms. The standard InChI is InChI=1S/C14H26O2/c1-4-14(16)9-8-12(2)6-5-7-13(3)10-11-15/h6,10,14-16H,4-5,7-9,11H2,1-3H3/b12-6+,13-10+. The number of hydrogen-bond acceptors (Lipinski definition) is 2. The van der Waals surface area contributed by atoms with Gasteiger partial charge in [-0.05, 0) is 46.0 Å². The first-order valence-electron chi connectivity index (χ1n) is 6.20. The van der Waals surface area contributed by atoms with E-state index in [1.165, 1.54) is 11.1 Å².